The molecule has 4 N–H and O–H groups in total. The zero-order valence-corrected chi connectivity index (χ0v) is 10.8. The van der Waals surface area contributed by atoms with Crippen molar-refractivity contribution in [3.8, 4) is 0 Å². The Morgan fingerprint density at radius 2 is 1.95 bits per heavy atom. The molecule has 0 aliphatic carbocycles. The van der Waals surface area contributed by atoms with Crippen LogP contribution in [0.4, 0.5) is 11.4 Å². The van der Waals surface area contributed by atoms with Gasteiger partial charge in [0.1, 0.15) is 6.54 Å². The van der Waals surface area contributed by atoms with Crippen LogP contribution >= 0.6 is 0 Å². The summed E-state index contributed by atoms with van der Waals surface area (Å²) in [4.78, 5) is 36.7. The lowest BCUT2D eigenvalue weighted by Gasteiger charge is -2.07. The van der Waals surface area contributed by atoms with Gasteiger partial charge < -0.3 is 11.1 Å². The number of carbonyl (C=O) groups excluding carboxylic acids is 1. The number of nitrogen functional groups attached to an aromatic ring is 1. The number of aryl methyl sites for hydroxylation is 1. The van der Waals surface area contributed by atoms with Crippen molar-refractivity contribution in [1.82, 2.24) is 9.55 Å². The van der Waals surface area contributed by atoms with Crippen LogP contribution in [0.3, 0.4) is 0 Å². The Morgan fingerprint density at radius 3 is 2.60 bits per heavy atom. The van der Waals surface area contributed by atoms with E-state index in [1.54, 1.807) is 31.2 Å². The summed E-state index contributed by atoms with van der Waals surface area (Å²) in [7, 11) is 0. The van der Waals surface area contributed by atoms with Gasteiger partial charge in [-0.05, 0) is 31.2 Å². The molecule has 7 heteroatoms. The lowest BCUT2D eigenvalue weighted by Crippen LogP contribution is -2.34. The van der Waals surface area contributed by atoms with Crippen LogP contribution in [0.15, 0.2) is 40.1 Å². The third-order valence-corrected chi connectivity index (χ3v) is 2.70. The van der Waals surface area contributed by atoms with Crippen molar-refractivity contribution >= 4 is 17.3 Å². The van der Waals surface area contributed by atoms with Crippen LogP contribution in [0.1, 0.15) is 5.56 Å². The Labute approximate surface area is 114 Å². The minimum atomic E-state index is -0.618. The highest BCUT2D eigenvalue weighted by Crippen LogP contribution is 2.10. The van der Waals surface area contributed by atoms with Gasteiger partial charge in [-0.25, -0.2) is 4.79 Å². The van der Waals surface area contributed by atoms with Gasteiger partial charge in [-0.3, -0.25) is 19.1 Å². The molecule has 20 heavy (non-hydrogen) atoms. The SMILES string of the molecule is Cc1cn(CC(=O)Nc2ccc(N)cc2)c(=O)[nH]c1=O. The first kappa shape index (κ1) is 13.6. The Hall–Kier alpha value is -2.83. The van der Waals surface area contributed by atoms with Crippen LogP contribution < -0.4 is 22.3 Å². The molecule has 0 atom stereocenters. The topological polar surface area (TPSA) is 110 Å². The fraction of sp³-hybridized carbons (Fsp3) is 0.154. The van der Waals surface area contributed by atoms with Gasteiger partial charge in [0.15, 0.2) is 0 Å². The molecular weight excluding hydrogens is 260 g/mol. The molecule has 0 spiro atoms. The number of amides is 1. The predicted octanol–water partition coefficient (Wildman–Crippen LogP) is 0.0659. The summed E-state index contributed by atoms with van der Waals surface area (Å²) in [5, 5.41) is 2.63. The second kappa shape index (κ2) is 5.43. The van der Waals surface area contributed by atoms with Crippen LogP contribution in [0, 0.1) is 6.92 Å². The van der Waals surface area contributed by atoms with Gasteiger partial charge in [-0.15, -0.1) is 0 Å². The van der Waals surface area contributed by atoms with Crippen molar-refractivity contribution < 1.29 is 4.79 Å². The van der Waals surface area contributed by atoms with E-state index in [0.717, 1.165) is 4.57 Å². The third-order valence-electron chi connectivity index (χ3n) is 2.70. The maximum absolute atomic E-state index is 11.8. The van der Waals surface area contributed by atoms with Crippen molar-refractivity contribution in [2.45, 2.75) is 13.5 Å². The molecule has 0 saturated carbocycles. The summed E-state index contributed by atoms with van der Waals surface area (Å²) < 4.78 is 1.14. The van der Waals surface area contributed by atoms with Crippen LogP contribution in [-0.2, 0) is 11.3 Å². The summed E-state index contributed by atoms with van der Waals surface area (Å²) >= 11 is 0. The lowest BCUT2D eigenvalue weighted by atomic mass is 10.3. The Balaban J connectivity index is 2.12. The van der Waals surface area contributed by atoms with Crippen molar-refractivity contribution in [3.63, 3.8) is 0 Å². The van der Waals surface area contributed by atoms with E-state index in [2.05, 4.69) is 10.3 Å². The maximum atomic E-state index is 11.8. The monoisotopic (exact) mass is 274 g/mol. The van der Waals surface area contributed by atoms with E-state index in [9.17, 15) is 14.4 Å². The first-order chi connectivity index (χ1) is 9.45. The van der Waals surface area contributed by atoms with Crippen molar-refractivity contribution in [2.75, 3.05) is 11.1 Å². The number of hydrogen-bond donors (Lipinski definition) is 3. The van der Waals surface area contributed by atoms with Gasteiger partial charge in [-0.1, -0.05) is 0 Å². The van der Waals surface area contributed by atoms with E-state index in [0.29, 0.717) is 16.9 Å². The van der Waals surface area contributed by atoms with Crippen LogP contribution in [0.25, 0.3) is 0 Å². The number of nitrogens with two attached hydrogens (primary N) is 1. The summed E-state index contributed by atoms with van der Waals surface area (Å²) in [6.07, 6.45) is 1.35. The molecule has 0 fully saturated rings. The summed E-state index contributed by atoms with van der Waals surface area (Å²) in [5.74, 6) is -0.372. The summed E-state index contributed by atoms with van der Waals surface area (Å²) in [6, 6.07) is 6.64. The van der Waals surface area contributed by atoms with E-state index in [-0.39, 0.29) is 12.5 Å². The van der Waals surface area contributed by atoms with Gasteiger partial charge in [0.05, 0.1) is 0 Å². The first-order valence-corrected chi connectivity index (χ1v) is 5.91. The van der Waals surface area contributed by atoms with E-state index in [4.69, 9.17) is 5.73 Å². The molecule has 1 aromatic heterocycles. The second-order valence-corrected chi connectivity index (χ2v) is 4.37. The molecule has 1 heterocycles. The van der Waals surface area contributed by atoms with Crippen LogP contribution in [0.2, 0.25) is 0 Å². The molecular formula is C13H14N4O3. The van der Waals surface area contributed by atoms with Crippen LogP contribution in [0.5, 0.6) is 0 Å². The van der Waals surface area contributed by atoms with E-state index >= 15 is 0 Å². The van der Waals surface area contributed by atoms with Crippen molar-refractivity contribution in [3.05, 3.63) is 56.9 Å². The predicted molar refractivity (Wildman–Crippen MR) is 75.5 cm³/mol. The van der Waals surface area contributed by atoms with Gasteiger partial charge >= 0.3 is 5.69 Å². The van der Waals surface area contributed by atoms with Crippen LogP contribution in [-0.4, -0.2) is 15.5 Å². The zero-order chi connectivity index (χ0) is 14.7. The van der Waals surface area contributed by atoms with E-state index in [1.165, 1.54) is 6.20 Å². The molecule has 0 radical (unpaired) electrons. The van der Waals surface area contributed by atoms with Gasteiger partial charge in [-0.2, -0.15) is 0 Å². The molecule has 0 aliphatic rings. The molecule has 7 nitrogen and oxygen atoms in total. The molecule has 1 amide bonds. The molecule has 2 rings (SSSR count). The first-order valence-electron chi connectivity index (χ1n) is 5.91. The highest BCUT2D eigenvalue weighted by Gasteiger charge is 2.07. The van der Waals surface area contributed by atoms with E-state index in [1.807, 2.05) is 0 Å². The number of aromatic nitrogens is 2. The quantitative estimate of drug-likeness (QED) is 0.688. The lowest BCUT2D eigenvalue weighted by molar-refractivity contribution is -0.116. The zero-order valence-electron chi connectivity index (χ0n) is 10.8. The Kier molecular flexibility index (Phi) is 3.69. The third kappa shape index (κ3) is 3.14. The highest BCUT2D eigenvalue weighted by molar-refractivity contribution is 5.90. The van der Waals surface area contributed by atoms with Crippen molar-refractivity contribution in [1.29, 1.82) is 0 Å². The number of aromatic amines is 1. The van der Waals surface area contributed by atoms with Gasteiger partial charge in [0.2, 0.25) is 5.91 Å². The Bertz CT molecular complexity index is 743. The molecule has 0 saturated heterocycles. The number of hydrogen-bond acceptors (Lipinski definition) is 4. The number of benzene rings is 1. The molecule has 1 aromatic carbocycles. The number of rotatable bonds is 3. The molecule has 0 bridgehead atoms. The minimum absolute atomic E-state index is 0.180. The van der Waals surface area contributed by atoms with Gasteiger partial charge in [0, 0.05) is 23.1 Å². The normalized spacial score (nSPS) is 10.2. The fourth-order valence-corrected chi connectivity index (χ4v) is 1.66. The molecule has 0 unspecified atom stereocenters. The smallest absolute Gasteiger partial charge is 0.328 e. The summed E-state index contributed by atoms with van der Waals surface area (Å²) in [5.41, 5.74) is 6.01. The summed E-state index contributed by atoms with van der Waals surface area (Å²) in [6.45, 7) is 1.38. The second-order valence-electron chi connectivity index (χ2n) is 4.37. The van der Waals surface area contributed by atoms with Crippen molar-refractivity contribution in [2.24, 2.45) is 0 Å². The largest absolute Gasteiger partial charge is 0.399 e. The van der Waals surface area contributed by atoms with Gasteiger partial charge in [0.25, 0.3) is 5.56 Å². The number of H-pyrrole nitrogens is 1. The highest BCUT2D eigenvalue weighted by atomic mass is 16.2. The molecule has 2 aromatic rings. The average molecular weight is 274 g/mol. The van der Waals surface area contributed by atoms with E-state index < -0.39 is 11.2 Å². The standard InChI is InChI=1S/C13H14N4O3/c1-8-6-17(13(20)16-12(8)19)7-11(18)15-10-4-2-9(14)3-5-10/h2-6H,7,14H2,1H3,(H,15,18)(H,16,19,20). The fourth-order valence-electron chi connectivity index (χ4n) is 1.66. The number of anilines is 2. The minimum Gasteiger partial charge on any atom is -0.399 e. The molecule has 0 aliphatic heterocycles. The molecule has 104 valence electrons. The Morgan fingerprint density at radius 1 is 1.30 bits per heavy atom. The average Bonchev–Trinajstić information content (AvgIpc) is 2.39. The maximum Gasteiger partial charge on any atom is 0.328 e. The number of carbonyl (C=O) groups is 1. The number of nitrogens with zero attached hydrogens (tertiary/aromatic N) is 1. The number of nitrogens with one attached hydrogen (secondary N) is 2.